The Morgan fingerprint density at radius 1 is 1.12 bits per heavy atom. The van der Waals surface area contributed by atoms with Crippen LogP contribution in [-0.2, 0) is 13.0 Å². The van der Waals surface area contributed by atoms with Crippen molar-refractivity contribution in [3.05, 3.63) is 59.9 Å². The first kappa shape index (κ1) is 16.5. The van der Waals surface area contributed by atoms with E-state index in [0.29, 0.717) is 6.61 Å². The van der Waals surface area contributed by atoms with Crippen molar-refractivity contribution in [2.45, 2.75) is 26.3 Å². The van der Waals surface area contributed by atoms with E-state index in [1.54, 1.807) is 0 Å². The highest BCUT2D eigenvalue weighted by atomic mass is 16.5. The van der Waals surface area contributed by atoms with Gasteiger partial charge in [-0.15, -0.1) is 0 Å². The molecule has 1 N–H and O–H groups in total. The zero-order chi connectivity index (χ0) is 16.8. The highest BCUT2D eigenvalue weighted by molar-refractivity contribution is 5.75. The van der Waals surface area contributed by atoms with Gasteiger partial charge in [0, 0.05) is 19.5 Å². The van der Waals surface area contributed by atoms with E-state index in [1.807, 2.05) is 25.2 Å². The Morgan fingerprint density at radius 2 is 2.00 bits per heavy atom. The second-order valence-corrected chi connectivity index (χ2v) is 6.04. The molecule has 0 bridgehead atoms. The minimum absolute atomic E-state index is 0.710. The van der Waals surface area contributed by atoms with Crippen LogP contribution in [0, 0.1) is 6.92 Å². The van der Waals surface area contributed by atoms with Crippen molar-refractivity contribution < 1.29 is 4.74 Å². The van der Waals surface area contributed by atoms with Crippen LogP contribution in [0.25, 0.3) is 11.0 Å². The van der Waals surface area contributed by atoms with Crippen molar-refractivity contribution in [3.8, 4) is 5.75 Å². The molecule has 2 aromatic carbocycles. The summed E-state index contributed by atoms with van der Waals surface area (Å²) in [5, 5.41) is 3.20. The Bertz CT molecular complexity index is 794. The van der Waals surface area contributed by atoms with Crippen LogP contribution in [0.3, 0.4) is 0 Å². The molecule has 0 aliphatic heterocycles. The molecule has 3 aromatic rings. The highest BCUT2D eigenvalue weighted by Gasteiger charge is 2.09. The van der Waals surface area contributed by atoms with Crippen LogP contribution in [0.4, 0.5) is 0 Å². The fourth-order valence-corrected chi connectivity index (χ4v) is 2.92. The summed E-state index contributed by atoms with van der Waals surface area (Å²) < 4.78 is 8.20. The summed E-state index contributed by atoms with van der Waals surface area (Å²) in [6.45, 7) is 4.65. The number of likely N-dealkylation sites (N-methyl/N-ethyl adjacent to an activating group) is 1. The third-order valence-corrected chi connectivity index (χ3v) is 4.12. The lowest BCUT2D eigenvalue weighted by Gasteiger charge is -2.10. The van der Waals surface area contributed by atoms with E-state index in [9.17, 15) is 0 Å². The molecule has 4 heteroatoms. The minimum atomic E-state index is 0.710. The van der Waals surface area contributed by atoms with Crippen molar-refractivity contribution in [2.75, 3.05) is 20.2 Å². The van der Waals surface area contributed by atoms with Crippen LogP contribution in [0.5, 0.6) is 5.75 Å². The Labute approximate surface area is 143 Å². The number of aryl methyl sites for hydroxylation is 2. The van der Waals surface area contributed by atoms with Crippen LogP contribution >= 0.6 is 0 Å². The van der Waals surface area contributed by atoms with Crippen LogP contribution in [-0.4, -0.2) is 29.8 Å². The Hall–Kier alpha value is -2.33. The maximum atomic E-state index is 5.87. The first-order valence-corrected chi connectivity index (χ1v) is 8.56. The molecule has 0 fully saturated rings. The molecule has 0 atom stereocenters. The van der Waals surface area contributed by atoms with Gasteiger partial charge in [-0.2, -0.15) is 0 Å². The van der Waals surface area contributed by atoms with Crippen LogP contribution in [0.2, 0.25) is 0 Å². The SMILES string of the molecule is CNCCc1nc2ccccc2n1CCCOc1cccc(C)c1. The Balaban J connectivity index is 1.65. The van der Waals surface area contributed by atoms with E-state index in [1.165, 1.54) is 11.1 Å². The van der Waals surface area contributed by atoms with Crippen molar-refractivity contribution in [1.29, 1.82) is 0 Å². The lowest BCUT2D eigenvalue weighted by Crippen LogP contribution is -2.15. The fourth-order valence-electron chi connectivity index (χ4n) is 2.92. The maximum Gasteiger partial charge on any atom is 0.119 e. The molecule has 1 heterocycles. The van der Waals surface area contributed by atoms with E-state index in [-0.39, 0.29) is 0 Å². The first-order chi connectivity index (χ1) is 11.8. The molecule has 0 radical (unpaired) electrons. The summed E-state index contributed by atoms with van der Waals surface area (Å²) in [4.78, 5) is 4.78. The number of nitrogens with one attached hydrogen (secondary N) is 1. The van der Waals surface area contributed by atoms with Crippen LogP contribution in [0.1, 0.15) is 17.8 Å². The maximum absolute atomic E-state index is 5.87. The van der Waals surface area contributed by atoms with E-state index in [2.05, 4.69) is 47.1 Å². The molecule has 3 rings (SSSR count). The van der Waals surface area contributed by atoms with Gasteiger partial charge in [0.2, 0.25) is 0 Å². The molecule has 0 saturated heterocycles. The number of ether oxygens (including phenoxy) is 1. The van der Waals surface area contributed by atoms with E-state index in [4.69, 9.17) is 9.72 Å². The molecule has 1 aromatic heterocycles. The monoisotopic (exact) mass is 323 g/mol. The second-order valence-electron chi connectivity index (χ2n) is 6.04. The number of hydrogen-bond donors (Lipinski definition) is 1. The predicted octanol–water partition coefficient (Wildman–Crippen LogP) is 3.58. The number of benzene rings is 2. The normalized spacial score (nSPS) is 11.1. The number of imidazole rings is 1. The summed E-state index contributed by atoms with van der Waals surface area (Å²) in [6, 6.07) is 16.5. The first-order valence-electron chi connectivity index (χ1n) is 8.56. The van der Waals surface area contributed by atoms with Crippen LogP contribution < -0.4 is 10.1 Å². The van der Waals surface area contributed by atoms with Gasteiger partial charge in [-0.25, -0.2) is 4.98 Å². The van der Waals surface area contributed by atoms with E-state index >= 15 is 0 Å². The van der Waals surface area contributed by atoms with Crippen molar-refractivity contribution in [3.63, 3.8) is 0 Å². The van der Waals surface area contributed by atoms with E-state index in [0.717, 1.165) is 43.0 Å². The summed E-state index contributed by atoms with van der Waals surface area (Å²) in [6.07, 6.45) is 1.89. The third kappa shape index (κ3) is 3.95. The zero-order valence-electron chi connectivity index (χ0n) is 14.5. The fraction of sp³-hybridized carbons (Fsp3) is 0.350. The van der Waals surface area contributed by atoms with Crippen molar-refractivity contribution >= 4 is 11.0 Å². The largest absolute Gasteiger partial charge is 0.494 e. The number of hydrogen-bond acceptors (Lipinski definition) is 3. The number of aromatic nitrogens is 2. The lowest BCUT2D eigenvalue weighted by molar-refractivity contribution is 0.301. The van der Waals surface area contributed by atoms with Crippen molar-refractivity contribution in [1.82, 2.24) is 14.9 Å². The molecule has 0 spiro atoms. The number of fused-ring (bicyclic) bond motifs is 1. The average molecular weight is 323 g/mol. The highest BCUT2D eigenvalue weighted by Crippen LogP contribution is 2.17. The summed E-state index contributed by atoms with van der Waals surface area (Å²) in [5.41, 5.74) is 3.50. The Kier molecular flexibility index (Phi) is 5.49. The number of para-hydroxylation sites is 2. The second kappa shape index (κ2) is 7.97. The summed E-state index contributed by atoms with van der Waals surface area (Å²) >= 11 is 0. The van der Waals surface area contributed by atoms with Gasteiger partial charge in [-0.05, 0) is 50.2 Å². The molecule has 0 aliphatic carbocycles. The number of rotatable bonds is 8. The smallest absolute Gasteiger partial charge is 0.119 e. The predicted molar refractivity (Wildman–Crippen MR) is 98.7 cm³/mol. The summed E-state index contributed by atoms with van der Waals surface area (Å²) in [7, 11) is 1.97. The standard InChI is InChI=1S/C20H25N3O/c1-16-7-5-8-17(15-16)24-14-6-13-23-19-10-4-3-9-18(19)22-20(23)11-12-21-2/h3-5,7-10,15,21H,6,11-14H2,1-2H3. The molecule has 0 saturated carbocycles. The van der Waals surface area contributed by atoms with Gasteiger partial charge in [-0.3, -0.25) is 0 Å². The topological polar surface area (TPSA) is 39.1 Å². The molecule has 0 unspecified atom stereocenters. The zero-order valence-corrected chi connectivity index (χ0v) is 14.5. The van der Waals surface area contributed by atoms with Gasteiger partial charge in [0.15, 0.2) is 0 Å². The number of nitrogens with zero attached hydrogens (tertiary/aromatic N) is 2. The molecule has 24 heavy (non-hydrogen) atoms. The molecule has 0 amide bonds. The van der Waals surface area contributed by atoms with Gasteiger partial charge in [0.05, 0.1) is 17.6 Å². The lowest BCUT2D eigenvalue weighted by atomic mass is 10.2. The summed E-state index contributed by atoms with van der Waals surface area (Å²) in [5.74, 6) is 2.09. The van der Waals surface area contributed by atoms with Gasteiger partial charge in [0.1, 0.15) is 11.6 Å². The molecule has 126 valence electrons. The van der Waals surface area contributed by atoms with Gasteiger partial charge >= 0.3 is 0 Å². The third-order valence-electron chi connectivity index (χ3n) is 4.12. The average Bonchev–Trinajstić information content (AvgIpc) is 2.94. The molecule has 0 aliphatic rings. The molecular weight excluding hydrogens is 298 g/mol. The quantitative estimate of drug-likeness (QED) is 0.644. The minimum Gasteiger partial charge on any atom is -0.494 e. The van der Waals surface area contributed by atoms with E-state index < -0.39 is 0 Å². The van der Waals surface area contributed by atoms with Gasteiger partial charge < -0.3 is 14.6 Å². The van der Waals surface area contributed by atoms with Gasteiger partial charge in [0.25, 0.3) is 0 Å². The molecule has 4 nitrogen and oxygen atoms in total. The van der Waals surface area contributed by atoms with Gasteiger partial charge in [-0.1, -0.05) is 24.3 Å². The Morgan fingerprint density at radius 3 is 2.83 bits per heavy atom. The van der Waals surface area contributed by atoms with Crippen molar-refractivity contribution in [2.24, 2.45) is 0 Å². The molecular formula is C20H25N3O. The van der Waals surface area contributed by atoms with Crippen LogP contribution in [0.15, 0.2) is 48.5 Å².